The van der Waals surface area contributed by atoms with Crippen molar-refractivity contribution in [2.75, 3.05) is 13.1 Å². The average Bonchev–Trinajstić information content (AvgIpc) is 2.61. The number of likely N-dealkylation sites (tertiary alicyclic amines) is 1. The largest absolute Gasteiger partial charge is 0.475 e. The summed E-state index contributed by atoms with van der Waals surface area (Å²) in [6.07, 6.45) is 5.93. The zero-order chi connectivity index (χ0) is 18.9. The number of halogens is 2. The summed E-state index contributed by atoms with van der Waals surface area (Å²) in [6.45, 7) is 5.30. The van der Waals surface area contributed by atoms with Crippen LogP contribution in [0.1, 0.15) is 18.4 Å². The average molecular weight is 397 g/mol. The number of aliphatic imine (C=N–C) groups is 1. The molecule has 1 saturated heterocycles. The van der Waals surface area contributed by atoms with Crippen molar-refractivity contribution in [3.05, 3.63) is 58.5 Å². The number of nitrogens with one attached hydrogen (secondary N) is 1. The molecule has 1 fully saturated rings. The number of benzene rings is 1. The summed E-state index contributed by atoms with van der Waals surface area (Å²) in [4.78, 5) is 18.1. The maximum Gasteiger partial charge on any atom is 0.317 e. The predicted molar refractivity (Wildman–Crippen MR) is 105 cm³/mol. The number of allylic oxidation sites excluding steroid dienone is 1. The molecular formula is C18H22Cl2N4O2. The molecule has 1 aliphatic rings. The van der Waals surface area contributed by atoms with Gasteiger partial charge in [0.25, 0.3) is 0 Å². The van der Waals surface area contributed by atoms with Gasteiger partial charge in [-0.1, -0.05) is 29.3 Å². The SMILES string of the molecule is C=C(N=C/C=C\N)OC1CCN(C(=O)NCc2ccc(Cl)cc2Cl)CC1. The first-order valence-electron chi connectivity index (χ1n) is 8.22. The van der Waals surface area contributed by atoms with Crippen molar-refractivity contribution in [2.45, 2.75) is 25.5 Å². The number of hydrogen-bond acceptors (Lipinski definition) is 4. The lowest BCUT2D eigenvalue weighted by atomic mass is 10.1. The second-order valence-corrected chi connectivity index (χ2v) is 6.60. The van der Waals surface area contributed by atoms with E-state index in [2.05, 4.69) is 16.9 Å². The van der Waals surface area contributed by atoms with E-state index in [9.17, 15) is 4.79 Å². The van der Waals surface area contributed by atoms with Gasteiger partial charge >= 0.3 is 6.03 Å². The van der Waals surface area contributed by atoms with Crippen LogP contribution < -0.4 is 11.1 Å². The number of amides is 2. The molecule has 0 spiro atoms. The van der Waals surface area contributed by atoms with E-state index in [0.29, 0.717) is 35.6 Å². The van der Waals surface area contributed by atoms with Gasteiger partial charge in [0, 0.05) is 48.7 Å². The summed E-state index contributed by atoms with van der Waals surface area (Å²) in [6, 6.07) is 5.08. The normalized spacial score (nSPS) is 15.5. The van der Waals surface area contributed by atoms with E-state index in [0.717, 1.165) is 18.4 Å². The van der Waals surface area contributed by atoms with Gasteiger partial charge in [-0.05, 0) is 36.6 Å². The standard InChI is InChI=1S/C18H22Cl2N4O2/c1-13(22-8-2-7-21)26-16-5-9-24(10-6-16)18(25)23-12-14-3-4-15(19)11-17(14)20/h2-4,7-8,11,16H,1,5-6,9-10,12,21H2,(H,23,25)/b7-2-,22-8?. The monoisotopic (exact) mass is 396 g/mol. The van der Waals surface area contributed by atoms with E-state index >= 15 is 0 Å². The van der Waals surface area contributed by atoms with Gasteiger partial charge < -0.3 is 20.7 Å². The van der Waals surface area contributed by atoms with E-state index in [-0.39, 0.29) is 12.1 Å². The van der Waals surface area contributed by atoms with Crippen molar-refractivity contribution in [3.63, 3.8) is 0 Å². The molecule has 0 aromatic heterocycles. The fourth-order valence-electron chi connectivity index (χ4n) is 2.52. The fraction of sp³-hybridized carbons (Fsp3) is 0.333. The molecule has 0 atom stereocenters. The number of nitrogens with zero attached hydrogens (tertiary/aromatic N) is 2. The Morgan fingerprint density at radius 3 is 2.81 bits per heavy atom. The minimum absolute atomic E-state index is 0.00346. The molecule has 26 heavy (non-hydrogen) atoms. The van der Waals surface area contributed by atoms with Crippen molar-refractivity contribution in [3.8, 4) is 0 Å². The highest BCUT2D eigenvalue weighted by atomic mass is 35.5. The molecule has 1 heterocycles. The number of carbonyl (C=O) groups is 1. The number of nitrogens with two attached hydrogens (primary N) is 1. The zero-order valence-electron chi connectivity index (χ0n) is 14.3. The van der Waals surface area contributed by atoms with E-state index in [4.69, 9.17) is 33.7 Å². The molecule has 1 aromatic rings. The highest BCUT2D eigenvalue weighted by molar-refractivity contribution is 6.35. The van der Waals surface area contributed by atoms with Crippen LogP contribution in [-0.2, 0) is 11.3 Å². The molecule has 2 amide bonds. The van der Waals surface area contributed by atoms with Crippen LogP contribution in [-0.4, -0.2) is 36.3 Å². The summed E-state index contributed by atoms with van der Waals surface area (Å²) in [5.41, 5.74) is 6.04. The topological polar surface area (TPSA) is 80.0 Å². The lowest BCUT2D eigenvalue weighted by Gasteiger charge is -2.32. The first kappa shape index (κ1) is 20.1. The number of carbonyl (C=O) groups excluding carboxylic acids is 1. The summed E-state index contributed by atoms with van der Waals surface area (Å²) in [5.74, 6) is 0.336. The highest BCUT2D eigenvalue weighted by Gasteiger charge is 2.24. The number of hydrogen-bond donors (Lipinski definition) is 2. The molecule has 0 radical (unpaired) electrons. The Bertz CT molecular complexity index is 698. The fourth-order valence-corrected chi connectivity index (χ4v) is 3.00. The molecule has 6 nitrogen and oxygen atoms in total. The third kappa shape index (κ3) is 6.28. The third-order valence-electron chi connectivity index (χ3n) is 3.89. The quantitative estimate of drug-likeness (QED) is 0.568. The van der Waals surface area contributed by atoms with Crippen molar-refractivity contribution in [1.29, 1.82) is 0 Å². The van der Waals surface area contributed by atoms with Crippen LogP contribution in [0.15, 0.2) is 47.9 Å². The maximum absolute atomic E-state index is 12.3. The molecule has 0 unspecified atom stereocenters. The second kappa shape index (κ2) is 10.1. The van der Waals surface area contributed by atoms with E-state index in [1.807, 2.05) is 0 Å². The minimum atomic E-state index is -0.126. The Labute approximate surface area is 163 Å². The van der Waals surface area contributed by atoms with Crippen molar-refractivity contribution in [1.82, 2.24) is 10.2 Å². The molecule has 2 rings (SSSR count). The van der Waals surface area contributed by atoms with E-state index in [1.54, 1.807) is 29.2 Å². The van der Waals surface area contributed by atoms with Gasteiger partial charge in [-0.3, -0.25) is 0 Å². The van der Waals surface area contributed by atoms with Gasteiger partial charge in [0.05, 0.1) is 0 Å². The van der Waals surface area contributed by atoms with Crippen LogP contribution in [0.4, 0.5) is 4.79 Å². The molecule has 3 N–H and O–H groups in total. The van der Waals surface area contributed by atoms with E-state index in [1.165, 1.54) is 12.4 Å². The maximum atomic E-state index is 12.3. The summed E-state index contributed by atoms with van der Waals surface area (Å²) in [5, 5.41) is 3.98. The number of rotatable bonds is 6. The van der Waals surface area contributed by atoms with Crippen LogP contribution in [0.25, 0.3) is 0 Å². The number of piperidine rings is 1. The van der Waals surface area contributed by atoms with Crippen LogP contribution in [0, 0.1) is 0 Å². The number of ether oxygens (including phenoxy) is 1. The lowest BCUT2D eigenvalue weighted by Crippen LogP contribution is -2.45. The summed E-state index contributed by atoms with van der Waals surface area (Å²) in [7, 11) is 0. The van der Waals surface area contributed by atoms with Gasteiger partial charge in [0.1, 0.15) is 6.10 Å². The molecule has 140 valence electrons. The van der Waals surface area contributed by atoms with Crippen LogP contribution in [0.3, 0.4) is 0 Å². The molecule has 1 aromatic carbocycles. The van der Waals surface area contributed by atoms with Crippen LogP contribution in [0.2, 0.25) is 10.0 Å². The molecule has 0 saturated carbocycles. The predicted octanol–water partition coefficient (Wildman–Crippen LogP) is 3.70. The van der Waals surface area contributed by atoms with E-state index < -0.39 is 0 Å². The van der Waals surface area contributed by atoms with Crippen LogP contribution >= 0.6 is 23.2 Å². The molecule has 1 aliphatic heterocycles. The summed E-state index contributed by atoms with van der Waals surface area (Å²) >= 11 is 12.0. The van der Waals surface area contributed by atoms with Gasteiger partial charge in [-0.2, -0.15) is 0 Å². The number of urea groups is 1. The Morgan fingerprint density at radius 1 is 1.42 bits per heavy atom. The second-order valence-electron chi connectivity index (χ2n) is 5.76. The zero-order valence-corrected chi connectivity index (χ0v) is 15.8. The molecule has 0 aliphatic carbocycles. The third-order valence-corrected chi connectivity index (χ3v) is 4.48. The van der Waals surface area contributed by atoms with Gasteiger partial charge in [-0.25, -0.2) is 9.79 Å². The van der Waals surface area contributed by atoms with Crippen molar-refractivity contribution >= 4 is 35.4 Å². The highest BCUT2D eigenvalue weighted by Crippen LogP contribution is 2.21. The Kier molecular flexibility index (Phi) is 7.81. The summed E-state index contributed by atoms with van der Waals surface area (Å²) < 4.78 is 5.67. The van der Waals surface area contributed by atoms with Gasteiger partial charge in [0.15, 0.2) is 0 Å². The Hall–Kier alpha value is -2.18. The van der Waals surface area contributed by atoms with Crippen molar-refractivity contribution in [2.24, 2.45) is 10.7 Å². The van der Waals surface area contributed by atoms with Crippen LogP contribution in [0.5, 0.6) is 0 Å². The van der Waals surface area contributed by atoms with Gasteiger partial charge in [-0.15, -0.1) is 0 Å². The first-order chi connectivity index (χ1) is 12.5. The van der Waals surface area contributed by atoms with Gasteiger partial charge in [0.2, 0.25) is 5.88 Å². The molecule has 8 heteroatoms. The van der Waals surface area contributed by atoms with Crippen molar-refractivity contribution < 1.29 is 9.53 Å². The molecule has 0 bridgehead atoms. The minimum Gasteiger partial charge on any atom is -0.475 e. The Balaban J connectivity index is 1.75. The Morgan fingerprint density at radius 2 is 2.15 bits per heavy atom. The molecular weight excluding hydrogens is 375 g/mol. The lowest BCUT2D eigenvalue weighted by molar-refractivity contribution is 0.0598. The first-order valence-corrected chi connectivity index (χ1v) is 8.98. The smallest absolute Gasteiger partial charge is 0.317 e.